The third-order valence-corrected chi connectivity index (χ3v) is 2.35. The maximum Gasteiger partial charge on any atom is 0.522 e. The Hall–Kier alpha value is -1.28. The van der Waals surface area contributed by atoms with Crippen molar-refractivity contribution >= 4 is 10.1 Å². The Labute approximate surface area is 97.3 Å². The van der Waals surface area contributed by atoms with Crippen molar-refractivity contribution in [1.82, 2.24) is 5.32 Å². The number of alkyl halides is 3. The van der Waals surface area contributed by atoms with Gasteiger partial charge < -0.3 is 5.32 Å². The second kappa shape index (κ2) is 5.37. The van der Waals surface area contributed by atoms with Crippen LogP contribution >= 0.6 is 0 Å². The van der Waals surface area contributed by atoms with Crippen molar-refractivity contribution in [3.8, 4) is 0 Å². The molecule has 0 radical (unpaired) electrons. The molecule has 0 fully saturated rings. The predicted octanol–water partition coefficient (Wildman–Crippen LogP) is 2.00. The van der Waals surface area contributed by atoms with Crippen molar-refractivity contribution in [2.75, 3.05) is 0 Å². The van der Waals surface area contributed by atoms with Crippen LogP contribution < -0.4 is 5.32 Å². The predicted molar refractivity (Wildman–Crippen MR) is 57.6 cm³/mol. The van der Waals surface area contributed by atoms with E-state index in [1.807, 2.05) is 24.4 Å². The molecule has 1 unspecified atom stereocenters. The molecule has 0 aromatic heterocycles. The molecule has 4 nitrogen and oxygen atoms in total. The number of dihydropyridines is 1. The average molecular weight is 271 g/mol. The van der Waals surface area contributed by atoms with Gasteiger partial charge in [-0.15, -0.1) is 6.58 Å². The number of hydrogen-bond acceptors (Lipinski definition) is 3. The SMILES string of the molecule is C=CC1(C)C=CC=CN1.O=S(=O)(O)C(F)(F)F. The first-order valence-electron chi connectivity index (χ1n) is 4.31. The van der Waals surface area contributed by atoms with Crippen LogP contribution in [-0.2, 0) is 10.1 Å². The smallest absolute Gasteiger partial charge is 0.379 e. The summed E-state index contributed by atoms with van der Waals surface area (Å²) in [6.45, 7) is 5.78. The lowest BCUT2D eigenvalue weighted by molar-refractivity contribution is -0.0510. The third kappa shape index (κ3) is 5.55. The van der Waals surface area contributed by atoms with Gasteiger partial charge in [-0.1, -0.05) is 18.2 Å². The normalized spacial score (nSPS) is 23.4. The van der Waals surface area contributed by atoms with Crippen molar-refractivity contribution in [3.05, 3.63) is 37.1 Å². The van der Waals surface area contributed by atoms with Crippen LogP contribution in [-0.4, -0.2) is 24.0 Å². The van der Waals surface area contributed by atoms with E-state index in [-0.39, 0.29) is 5.54 Å². The Kier molecular flexibility index (Phi) is 4.96. The van der Waals surface area contributed by atoms with Gasteiger partial charge in [-0.2, -0.15) is 21.6 Å². The molecule has 1 aliphatic heterocycles. The molecule has 1 heterocycles. The standard InChI is InChI=1S/C8H11N.CHF3O3S/c1-3-8(2)6-4-5-7-9-8;2-1(3,4)8(5,6)7/h3-7,9H,1H2,2H3;(H,5,6,7). The van der Waals surface area contributed by atoms with Gasteiger partial charge in [0.15, 0.2) is 0 Å². The van der Waals surface area contributed by atoms with Crippen LogP contribution in [0.15, 0.2) is 37.1 Å². The van der Waals surface area contributed by atoms with E-state index in [1.54, 1.807) is 0 Å². The second-order valence-electron chi connectivity index (χ2n) is 3.27. The Morgan fingerprint density at radius 1 is 1.41 bits per heavy atom. The van der Waals surface area contributed by atoms with E-state index in [0.29, 0.717) is 0 Å². The van der Waals surface area contributed by atoms with Crippen LogP contribution in [0.25, 0.3) is 0 Å². The van der Waals surface area contributed by atoms with E-state index in [1.165, 1.54) is 0 Å². The van der Waals surface area contributed by atoms with Gasteiger partial charge in [0.25, 0.3) is 0 Å². The maximum atomic E-state index is 10.7. The third-order valence-electron chi connectivity index (χ3n) is 1.76. The number of rotatable bonds is 1. The van der Waals surface area contributed by atoms with E-state index in [9.17, 15) is 13.2 Å². The Morgan fingerprint density at radius 2 is 1.88 bits per heavy atom. The largest absolute Gasteiger partial charge is 0.522 e. The van der Waals surface area contributed by atoms with Crippen molar-refractivity contribution in [1.29, 1.82) is 0 Å². The van der Waals surface area contributed by atoms with Crippen molar-refractivity contribution in [2.24, 2.45) is 0 Å². The van der Waals surface area contributed by atoms with Crippen LogP contribution in [0.3, 0.4) is 0 Å². The summed E-state index contributed by atoms with van der Waals surface area (Å²) < 4.78 is 57.5. The molecule has 0 spiro atoms. The lowest BCUT2D eigenvalue weighted by Gasteiger charge is -2.23. The average Bonchev–Trinajstić information content (AvgIpc) is 2.17. The number of halogens is 3. The summed E-state index contributed by atoms with van der Waals surface area (Å²) in [5, 5.41) is 3.16. The van der Waals surface area contributed by atoms with Crippen molar-refractivity contribution in [3.63, 3.8) is 0 Å². The molecule has 0 amide bonds. The summed E-state index contributed by atoms with van der Waals surface area (Å²) in [5.74, 6) is 0. The van der Waals surface area contributed by atoms with Crippen molar-refractivity contribution in [2.45, 2.75) is 18.0 Å². The molecule has 0 saturated heterocycles. The fraction of sp³-hybridized carbons (Fsp3) is 0.333. The fourth-order valence-corrected chi connectivity index (χ4v) is 0.714. The van der Waals surface area contributed by atoms with Gasteiger partial charge in [0.05, 0.1) is 5.54 Å². The van der Waals surface area contributed by atoms with Crippen LogP contribution in [0.2, 0.25) is 0 Å². The zero-order chi connectivity index (χ0) is 13.7. The molecule has 98 valence electrons. The summed E-state index contributed by atoms with van der Waals surface area (Å²) in [7, 11) is -5.84. The number of hydrogen-bond donors (Lipinski definition) is 2. The van der Waals surface area contributed by atoms with Gasteiger partial charge >= 0.3 is 15.6 Å². The minimum absolute atomic E-state index is 0.0330. The minimum atomic E-state index is -5.84. The van der Waals surface area contributed by atoms with Gasteiger partial charge in [-0.25, -0.2) is 0 Å². The van der Waals surface area contributed by atoms with Gasteiger partial charge in [0, 0.05) is 0 Å². The molecule has 17 heavy (non-hydrogen) atoms. The number of nitrogens with one attached hydrogen (secondary N) is 1. The molecule has 0 aromatic carbocycles. The molecule has 1 atom stereocenters. The lowest BCUT2D eigenvalue weighted by Crippen LogP contribution is -2.35. The van der Waals surface area contributed by atoms with Gasteiger partial charge in [-0.3, -0.25) is 4.55 Å². The molecule has 2 N–H and O–H groups in total. The highest BCUT2D eigenvalue weighted by molar-refractivity contribution is 7.86. The second-order valence-corrected chi connectivity index (χ2v) is 4.68. The maximum absolute atomic E-state index is 10.7. The monoisotopic (exact) mass is 271 g/mol. The highest BCUT2D eigenvalue weighted by Gasteiger charge is 2.44. The van der Waals surface area contributed by atoms with E-state index in [2.05, 4.69) is 24.9 Å². The first-order chi connectivity index (χ1) is 7.52. The first-order valence-corrected chi connectivity index (χ1v) is 5.75. The molecule has 1 aliphatic rings. The highest BCUT2D eigenvalue weighted by Crippen LogP contribution is 2.20. The number of allylic oxidation sites excluding steroid dienone is 2. The Morgan fingerprint density at radius 3 is 2.06 bits per heavy atom. The van der Waals surface area contributed by atoms with E-state index < -0.39 is 15.6 Å². The van der Waals surface area contributed by atoms with Crippen LogP contribution in [0.4, 0.5) is 13.2 Å². The molecule has 8 heteroatoms. The molecular weight excluding hydrogens is 259 g/mol. The Bertz CT molecular complexity index is 425. The molecule has 0 saturated carbocycles. The highest BCUT2D eigenvalue weighted by atomic mass is 32.2. The van der Waals surface area contributed by atoms with Crippen LogP contribution in [0.5, 0.6) is 0 Å². The first kappa shape index (κ1) is 15.7. The zero-order valence-corrected chi connectivity index (χ0v) is 9.72. The van der Waals surface area contributed by atoms with Gasteiger partial charge in [0.2, 0.25) is 0 Å². The summed E-state index contributed by atoms with van der Waals surface area (Å²) >= 11 is 0. The topological polar surface area (TPSA) is 66.4 Å². The van der Waals surface area contributed by atoms with Crippen LogP contribution in [0.1, 0.15) is 6.92 Å². The zero-order valence-electron chi connectivity index (χ0n) is 8.90. The molecule has 0 bridgehead atoms. The molecule has 0 aliphatic carbocycles. The van der Waals surface area contributed by atoms with E-state index >= 15 is 0 Å². The van der Waals surface area contributed by atoms with Gasteiger partial charge in [0.1, 0.15) is 0 Å². The fourth-order valence-electron chi connectivity index (χ4n) is 0.714. The summed E-state index contributed by atoms with van der Waals surface area (Å²) in [6, 6.07) is 0. The molecular formula is C9H12F3NO3S. The Balaban J connectivity index is 0.000000304. The quantitative estimate of drug-likeness (QED) is 0.435. The summed E-state index contributed by atoms with van der Waals surface area (Å²) in [6.07, 6.45) is 9.85. The van der Waals surface area contributed by atoms with E-state index in [0.717, 1.165) is 0 Å². The molecule has 1 rings (SSSR count). The summed E-state index contributed by atoms with van der Waals surface area (Å²) in [4.78, 5) is 0. The minimum Gasteiger partial charge on any atom is -0.379 e. The molecule has 0 aromatic rings. The van der Waals surface area contributed by atoms with E-state index in [4.69, 9.17) is 13.0 Å². The summed E-state index contributed by atoms with van der Waals surface area (Å²) in [5.41, 5.74) is -5.57. The lowest BCUT2D eigenvalue weighted by atomic mass is 10.0. The van der Waals surface area contributed by atoms with Crippen molar-refractivity contribution < 1.29 is 26.1 Å². The van der Waals surface area contributed by atoms with Crippen LogP contribution in [0, 0.1) is 0 Å². The van der Waals surface area contributed by atoms with Gasteiger partial charge in [-0.05, 0) is 19.2 Å².